The summed E-state index contributed by atoms with van der Waals surface area (Å²) in [6, 6.07) is -1.24. The Morgan fingerprint density at radius 2 is 2.19 bits per heavy atom. The number of allylic oxidation sites excluding steroid dienone is 1. The molecule has 0 aromatic rings. The fourth-order valence-electron chi connectivity index (χ4n) is 2.16. The molecule has 120 valence electrons. The fraction of sp³-hybridized carbons (Fsp3) is 0.667. The SMILES string of the molecule is CNC(=O)N(/C=C(/C)C=O)[C@@H]1O[C@H](CO)[C@@H](NO)[C@H]1OC. The number of nitrogens with one attached hydrogen (secondary N) is 2. The van der Waals surface area contributed by atoms with Crippen LogP contribution in [-0.2, 0) is 14.3 Å². The van der Waals surface area contributed by atoms with Crippen molar-refractivity contribution in [2.45, 2.75) is 31.4 Å². The lowest BCUT2D eigenvalue weighted by atomic mass is 10.1. The van der Waals surface area contributed by atoms with Crippen LogP contribution in [0, 0.1) is 0 Å². The Hall–Kier alpha value is -1.52. The molecular formula is C12H21N3O6. The van der Waals surface area contributed by atoms with Crippen LogP contribution in [0.25, 0.3) is 0 Å². The van der Waals surface area contributed by atoms with Crippen molar-refractivity contribution >= 4 is 12.3 Å². The van der Waals surface area contributed by atoms with Gasteiger partial charge in [0.15, 0.2) is 6.23 Å². The number of amides is 2. The molecule has 21 heavy (non-hydrogen) atoms. The molecule has 1 heterocycles. The highest BCUT2D eigenvalue weighted by molar-refractivity contribution is 5.78. The number of aliphatic hydroxyl groups is 1. The van der Waals surface area contributed by atoms with Crippen molar-refractivity contribution in [2.75, 3.05) is 20.8 Å². The molecule has 1 aliphatic heterocycles. The zero-order valence-corrected chi connectivity index (χ0v) is 12.1. The predicted molar refractivity (Wildman–Crippen MR) is 71.4 cm³/mol. The van der Waals surface area contributed by atoms with Crippen molar-refractivity contribution in [3.05, 3.63) is 11.8 Å². The first kappa shape index (κ1) is 17.5. The Kier molecular flexibility index (Phi) is 6.72. The zero-order chi connectivity index (χ0) is 16.0. The van der Waals surface area contributed by atoms with E-state index in [1.807, 2.05) is 5.48 Å². The number of nitrogens with zero attached hydrogens (tertiary/aromatic N) is 1. The highest BCUT2D eigenvalue weighted by Crippen LogP contribution is 2.26. The third-order valence-corrected chi connectivity index (χ3v) is 3.20. The Morgan fingerprint density at radius 1 is 1.52 bits per heavy atom. The van der Waals surface area contributed by atoms with Gasteiger partial charge in [-0.2, -0.15) is 5.48 Å². The topological polar surface area (TPSA) is 120 Å². The van der Waals surface area contributed by atoms with Crippen molar-refractivity contribution in [2.24, 2.45) is 0 Å². The first-order valence-electron chi connectivity index (χ1n) is 6.36. The second-order valence-electron chi connectivity index (χ2n) is 4.56. The van der Waals surface area contributed by atoms with E-state index in [9.17, 15) is 19.9 Å². The molecule has 1 saturated heterocycles. The Labute approximate surface area is 122 Å². The normalized spacial score (nSPS) is 29.3. The summed E-state index contributed by atoms with van der Waals surface area (Å²) in [5, 5.41) is 20.9. The second-order valence-corrected chi connectivity index (χ2v) is 4.56. The van der Waals surface area contributed by atoms with Gasteiger partial charge >= 0.3 is 6.03 Å². The molecular weight excluding hydrogens is 282 g/mol. The minimum atomic E-state index is -0.911. The zero-order valence-electron chi connectivity index (χ0n) is 12.1. The molecule has 1 rings (SSSR count). The molecule has 9 nitrogen and oxygen atoms in total. The second kappa shape index (κ2) is 8.05. The summed E-state index contributed by atoms with van der Waals surface area (Å²) < 4.78 is 10.8. The minimum absolute atomic E-state index is 0.304. The molecule has 4 atom stereocenters. The molecule has 0 saturated carbocycles. The Balaban J connectivity index is 3.11. The first-order chi connectivity index (χ1) is 10.0. The van der Waals surface area contributed by atoms with Crippen LogP contribution >= 0.6 is 0 Å². The van der Waals surface area contributed by atoms with Gasteiger partial charge in [-0.05, 0) is 6.92 Å². The molecule has 2 amide bonds. The number of carbonyl (C=O) groups is 2. The molecule has 4 N–H and O–H groups in total. The molecule has 0 unspecified atom stereocenters. The van der Waals surface area contributed by atoms with E-state index in [1.165, 1.54) is 27.3 Å². The molecule has 1 fully saturated rings. The fourth-order valence-corrected chi connectivity index (χ4v) is 2.16. The van der Waals surface area contributed by atoms with Gasteiger partial charge in [-0.1, -0.05) is 0 Å². The summed E-state index contributed by atoms with van der Waals surface area (Å²) in [4.78, 5) is 23.9. The van der Waals surface area contributed by atoms with E-state index in [2.05, 4.69) is 5.32 Å². The average Bonchev–Trinajstić information content (AvgIpc) is 2.88. The number of rotatable bonds is 6. The van der Waals surface area contributed by atoms with Gasteiger partial charge < -0.3 is 25.1 Å². The Morgan fingerprint density at radius 3 is 2.62 bits per heavy atom. The van der Waals surface area contributed by atoms with E-state index in [0.717, 1.165) is 4.90 Å². The number of methoxy groups -OCH3 is 1. The van der Waals surface area contributed by atoms with E-state index in [-0.39, 0.29) is 6.61 Å². The number of ether oxygens (including phenoxy) is 2. The maximum absolute atomic E-state index is 12.0. The highest BCUT2D eigenvalue weighted by atomic mass is 16.6. The monoisotopic (exact) mass is 303 g/mol. The van der Waals surface area contributed by atoms with Gasteiger partial charge in [-0.15, -0.1) is 0 Å². The number of hydrogen-bond acceptors (Lipinski definition) is 7. The lowest BCUT2D eigenvalue weighted by molar-refractivity contribution is -0.105. The van der Waals surface area contributed by atoms with E-state index in [4.69, 9.17) is 9.47 Å². The van der Waals surface area contributed by atoms with Gasteiger partial charge in [-0.25, -0.2) is 4.79 Å². The molecule has 0 radical (unpaired) electrons. The van der Waals surface area contributed by atoms with Gasteiger partial charge in [0, 0.05) is 25.9 Å². The van der Waals surface area contributed by atoms with Crippen molar-refractivity contribution in [1.29, 1.82) is 0 Å². The number of urea groups is 1. The lowest BCUT2D eigenvalue weighted by Gasteiger charge is -2.29. The molecule has 0 aromatic carbocycles. The van der Waals surface area contributed by atoms with Crippen LogP contribution in [0.2, 0.25) is 0 Å². The molecule has 0 aromatic heterocycles. The molecule has 0 spiro atoms. The van der Waals surface area contributed by atoms with E-state index in [1.54, 1.807) is 0 Å². The summed E-state index contributed by atoms with van der Waals surface area (Å²) in [6.07, 6.45) is -0.497. The van der Waals surface area contributed by atoms with Gasteiger partial charge in [0.25, 0.3) is 0 Å². The molecule has 0 aliphatic carbocycles. The number of aldehydes is 1. The Bertz CT molecular complexity index is 402. The van der Waals surface area contributed by atoms with E-state index >= 15 is 0 Å². The smallest absolute Gasteiger partial charge is 0.323 e. The maximum Gasteiger partial charge on any atom is 0.323 e. The van der Waals surface area contributed by atoms with Gasteiger partial charge in [0.05, 0.1) is 12.6 Å². The third kappa shape index (κ3) is 3.77. The summed E-state index contributed by atoms with van der Waals surface area (Å²) in [5.74, 6) is 0. The number of carbonyl (C=O) groups excluding carboxylic acids is 2. The molecule has 9 heteroatoms. The van der Waals surface area contributed by atoms with Crippen LogP contribution in [0.4, 0.5) is 4.79 Å². The van der Waals surface area contributed by atoms with Crippen molar-refractivity contribution in [1.82, 2.24) is 15.7 Å². The third-order valence-electron chi connectivity index (χ3n) is 3.20. The van der Waals surface area contributed by atoms with E-state index in [0.29, 0.717) is 11.9 Å². The van der Waals surface area contributed by atoms with Gasteiger partial charge in [0.1, 0.15) is 18.5 Å². The summed E-state index contributed by atoms with van der Waals surface area (Å²) in [6.45, 7) is 1.16. The number of hydroxylamine groups is 1. The molecule has 0 bridgehead atoms. The quantitative estimate of drug-likeness (QED) is 0.277. The lowest BCUT2D eigenvalue weighted by Crippen LogP contribution is -2.51. The maximum atomic E-state index is 12.0. The van der Waals surface area contributed by atoms with Crippen LogP contribution < -0.4 is 10.8 Å². The average molecular weight is 303 g/mol. The first-order valence-corrected chi connectivity index (χ1v) is 6.36. The largest absolute Gasteiger partial charge is 0.394 e. The number of aliphatic hydroxyl groups excluding tert-OH is 1. The minimum Gasteiger partial charge on any atom is -0.394 e. The number of hydrogen-bond donors (Lipinski definition) is 4. The molecule has 1 aliphatic rings. The van der Waals surface area contributed by atoms with Gasteiger partial charge in [-0.3, -0.25) is 9.69 Å². The van der Waals surface area contributed by atoms with E-state index < -0.39 is 30.5 Å². The summed E-state index contributed by atoms with van der Waals surface area (Å²) in [7, 11) is 2.82. The van der Waals surface area contributed by atoms with Crippen molar-refractivity contribution in [3.8, 4) is 0 Å². The van der Waals surface area contributed by atoms with Crippen molar-refractivity contribution < 1.29 is 29.4 Å². The van der Waals surface area contributed by atoms with Crippen LogP contribution in [-0.4, -0.2) is 72.8 Å². The van der Waals surface area contributed by atoms with Crippen molar-refractivity contribution in [3.63, 3.8) is 0 Å². The van der Waals surface area contributed by atoms with Crippen LogP contribution in [0.5, 0.6) is 0 Å². The van der Waals surface area contributed by atoms with Crippen LogP contribution in [0.15, 0.2) is 11.8 Å². The van der Waals surface area contributed by atoms with Crippen LogP contribution in [0.3, 0.4) is 0 Å². The van der Waals surface area contributed by atoms with Gasteiger partial charge in [0.2, 0.25) is 0 Å². The van der Waals surface area contributed by atoms with Crippen LogP contribution in [0.1, 0.15) is 6.92 Å². The predicted octanol–water partition coefficient (Wildman–Crippen LogP) is -1.19. The highest BCUT2D eigenvalue weighted by Gasteiger charge is 2.48. The summed E-state index contributed by atoms with van der Waals surface area (Å²) in [5.41, 5.74) is 2.32. The summed E-state index contributed by atoms with van der Waals surface area (Å²) >= 11 is 0. The standard InChI is InChI=1S/C12H21N3O6/c1-7(5-16)4-15(12(18)13-2)11-10(20-3)9(14-19)8(6-17)21-11/h4-5,8-11,14,17,19H,6H2,1-3H3,(H,13,18)/b7-4-/t8-,9-,10-,11-/m1/s1.